The van der Waals surface area contributed by atoms with E-state index in [1.54, 1.807) is 4.90 Å². The van der Waals surface area contributed by atoms with Crippen molar-refractivity contribution in [3.8, 4) is 0 Å². The number of carbonyl (C=O) groups excluding carboxylic acids is 2. The molecule has 0 aliphatic carbocycles. The third-order valence-electron chi connectivity index (χ3n) is 5.04. The molecule has 0 spiro atoms. The summed E-state index contributed by atoms with van der Waals surface area (Å²) in [7, 11) is 2.04. The first kappa shape index (κ1) is 17.7. The quantitative estimate of drug-likeness (QED) is 0.846. The van der Waals surface area contributed by atoms with Gasteiger partial charge in [-0.3, -0.25) is 9.59 Å². The van der Waals surface area contributed by atoms with Crippen LogP contribution in [0.1, 0.15) is 25.7 Å². The van der Waals surface area contributed by atoms with E-state index in [1.807, 2.05) is 31.3 Å². The van der Waals surface area contributed by atoms with E-state index in [0.29, 0.717) is 13.1 Å². The van der Waals surface area contributed by atoms with Gasteiger partial charge in [-0.05, 0) is 50.6 Å². The second kappa shape index (κ2) is 8.34. The van der Waals surface area contributed by atoms with Crippen molar-refractivity contribution in [3.05, 3.63) is 24.3 Å². The molecule has 3 rings (SSSR count). The number of amides is 2. The molecule has 6 heteroatoms. The number of rotatable bonds is 4. The third kappa shape index (κ3) is 4.95. The van der Waals surface area contributed by atoms with E-state index < -0.39 is 0 Å². The van der Waals surface area contributed by atoms with Crippen molar-refractivity contribution in [2.75, 3.05) is 56.5 Å². The zero-order valence-corrected chi connectivity index (χ0v) is 15.0. The van der Waals surface area contributed by atoms with E-state index in [1.165, 1.54) is 24.9 Å². The van der Waals surface area contributed by atoms with Gasteiger partial charge in [0.25, 0.3) is 0 Å². The summed E-state index contributed by atoms with van der Waals surface area (Å²) >= 11 is 0. The normalized spacial score (nSPS) is 18.9. The number of nitrogens with one attached hydrogen (secondary N) is 1. The second-order valence-corrected chi connectivity index (χ2v) is 7.00. The number of piperazine rings is 1. The minimum absolute atomic E-state index is 0.0857. The van der Waals surface area contributed by atoms with Crippen LogP contribution in [0.4, 0.5) is 11.4 Å². The number of likely N-dealkylation sites (N-methyl/N-ethyl adjacent to an activating group) is 1. The van der Waals surface area contributed by atoms with Gasteiger partial charge in [-0.1, -0.05) is 0 Å². The monoisotopic (exact) mass is 344 g/mol. The standard InChI is InChI=1S/C19H28N4O2/c1-21-11-13-23(14-12-21)19(25)15-18(24)20-16-5-7-17(8-6-16)22-9-3-2-4-10-22/h5-8H,2-4,9-15H2,1H3,(H,20,24). The van der Waals surface area contributed by atoms with Crippen LogP contribution in [0.5, 0.6) is 0 Å². The molecule has 1 aromatic carbocycles. The molecule has 1 aromatic rings. The summed E-state index contributed by atoms with van der Waals surface area (Å²) in [4.78, 5) is 30.7. The van der Waals surface area contributed by atoms with E-state index >= 15 is 0 Å². The smallest absolute Gasteiger partial charge is 0.233 e. The van der Waals surface area contributed by atoms with Crippen LogP contribution in [-0.2, 0) is 9.59 Å². The molecule has 2 saturated heterocycles. The summed E-state index contributed by atoms with van der Waals surface area (Å²) in [5.74, 6) is -0.329. The summed E-state index contributed by atoms with van der Waals surface area (Å²) in [5.41, 5.74) is 1.95. The number of hydrogen-bond acceptors (Lipinski definition) is 4. The lowest BCUT2D eigenvalue weighted by molar-refractivity contribution is -0.135. The highest BCUT2D eigenvalue weighted by Crippen LogP contribution is 2.21. The van der Waals surface area contributed by atoms with Gasteiger partial charge < -0.3 is 20.0 Å². The van der Waals surface area contributed by atoms with Gasteiger partial charge in [0, 0.05) is 50.6 Å². The van der Waals surface area contributed by atoms with Crippen LogP contribution in [0, 0.1) is 0 Å². The number of nitrogens with zero attached hydrogens (tertiary/aromatic N) is 3. The van der Waals surface area contributed by atoms with Gasteiger partial charge >= 0.3 is 0 Å². The molecule has 6 nitrogen and oxygen atoms in total. The van der Waals surface area contributed by atoms with Crippen LogP contribution in [0.2, 0.25) is 0 Å². The van der Waals surface area contributed by atoms with E-state index in [-0.39, 0.29) is 18.2 Å². The Morgan fingerprint density at radius 1 is 0.920 bits per heavy atom. The molecule has 0 atom stereocenters. The lowest BCUT2D eigenvalue weighted by atomic mass is 10.1. The molecular weight excluding hydrogens is 316 g/mol. The van der Waals surface area contributed by atoms with Crippen LogP contribution in [0.15, 0.2) is 24.3 Å². The fourth-order valence-corrected chi connectivity index (χ4v) is 3.42. The van der Waals surface area contributed by atoms with E-state index in [2.05, 4.69) is 15.1 Å². The first-order valence-electron chi connectivity index (χ1n) is 9.23. The Labute approximate surface area is 149 Å². The molecule has 2 amide bonds. The predicted octanol–water partition coefficient (Wildman–Crippen LogP) is 1.78. The highest BCUT2D eigenvalue weighted by atomic mass is 16.2. The number of benzene rings is 1. The van der Waals surface area contributed by atoms with E-state index in [9.17, 15) is 9.59 Å². The zero-order valence-electron chi connectivity index (χ0n) is 15.0. The summed E-state index contributed by atoms with van der Waals surface area (Å²) < 4.78 is 0. The molecule has 0 bridgehead atoms. The molecule has 1 N–H and O–H groups in total. The van der Waals surface area contributed by atoms with Crippen LogP contribution >= 0.6 is 0 Å². The lowest BCUT2D eigenvalue weighted by Crippen LogP contribution is -2.47. The minimum atomic E-state index is -0.241. The van der Waals surface area contributed by atoms with Crippen molar-refractivity contribution in [2.24, 2.45) is 0 Å². The molecule has 0 radical (unpaired) electrons. The van der Waals surface area contributed by atoms with Crippen LogP contribution in [-0.4, -0.2) is 67.9 Å². The predicted molar refractivity (Wildman–Crippen MR) is 99.8 cm³/mol. The fourth-order valence-electron chi connectivity index (χ4n) is 3.42. The maximum Gasteiger partial charge on any atom is 0.233 e. The maximum absolute atomic E-state index is 12.2. The van der Waals surface area contributed by atoms with Crippen molar-refractivity contribution in [1.29, 1.82) is 0 Å². The lowest BCUT2D eigenvalue weighted by Gasteiger charge is -2.32. The number of anilines is 2. The molecule has 0 saturated carbocycles. The average molecular weight is 344 g/mol. The van der Waals surface area contributed by atoms with Crippen molar-refractivity contribution in [1.82, 2.24) is 9.80 Å². The maximum atomic E-state index is 12.2. The third-order valence-corrected chi connectivity index (χ3v) is 5.04. The molecule has 2 aliphatic heterocycles. The number of hydrogen-bond donors (Lipinski definition) is 1. The van der Waals surface area contributed by atoms with Crippen molar-refractivity contribution < 1.29 is 9.59 Å². The van der Waals surface area contributed by atoms with Crippen LogP contribution in [0.25, 0.3) is 0 Å². The second-order valence-electron chi connectivity index (χ2n) is 7.00. The van der Waals surface area contributed by atoms with Crippen LogP contribution in [0.3, 0.4) is 0 Å². The van der Waals surface area contributed by atoms with Gasteiger partial charge in [0.15, 0.2) is 0 Å². The van der Waals surface area contributed by atoms with Gasteiger partial charge in [0.1, 0.15) is 6.42 Å². The SMILES string of the molecule is CN1CCN(C(=O)CC(=O)Nc2ccc(N3CCCCC3)cc2)CC1. The molecule has 136 valence electrons. The summed E-state index contributed by atoms with van der Waals surface area (Å²) in [6, 6.07) is 7.93. The molecule has 2 aliphatic rings. The van der Waals surface area contributed by atoms with Gasteiger partial charge in [-0.2, -0.15) is 0 Å². The molecule has 0 unspecified atom stereocenters. The fraction of sp³-hybridized carbons (Fsp3) is 0.579. The molecule has 0 aromatic heterocycles. The van der Waals surface area contributed by atoms with Gasteiger partial charge in [-0.25, -0.2) is 0 Å². The average Bonchev–Trinajstić information content (AvgIpc) is 2.63. The largest absolute Gasteiger partial charge is 0.372 e. The Balaban J connectivity index is 1.48. The first-order valence-corrected chi connectivity index (χ1v) is 9.23. The Morgan fingerprint density at radius 3 is 2.20 bits per heavy atom. The summed E-state index contributed by atoms with van der Waals surface area (Å²) in [6.07, 6.45) is 3.71. The van der Waals surface area contributed by atoms with Crippen LogP contribution < -0.4 is 10.2 Å². The molecule has 2 fully saturated rings. The summed E-state index contributed by atoms with van der Waals surface area (Å²) in [6.45, 7) is 5.34. The summed E-state index contributed by atoms with van der Waals surface area (Å²) in [5, 5.41) is 2.84. The van der Waals surface area contributed by atoms with Gasteiger partial charge in [0.2, 0.25) is 11.8 Å². The van der Waals surface area contributed by atoms with Crippen molar-refractivity contribution in [2.45, 2.75) is 25.7 Å². The zero-order chi connectivity index (χ0) is 17.6. The van der Waals surface area contributed by atoms with E-state index in [4.69, 9.17) is 0 Å². The van der Waals surface area contributed by atoms with Gasteiger partial charge in [0.05, 0.1) is 0 Å². The minimum Gasteiger partial charge on any atom is -0.372 e. The van der Waals surface area contributed by atoms with Crippen molar-refractivity contribution >= 4 is 23.2 Å². The highest BCUT2D eigenvalue weighted by molar-refractivity contribution is 6.03. The number of carbonyl (C=O) groups is 2. The Kier molecular flexibility index (Phi) is 5.91. The Morgan fingerprint density at radius 2 is 1.56 bits per heavy atom. The Hall–Kier alpha value is -2.08. The topological polar surface area (TPSA) is 55.9 Å². The molecular formula is C19H28N4O2. The molecule has 2 heterocycles. The number of piperidine rings is 1. The van der Waals surface area contributed by atoms with Crippen molar-refractivity contribution in [3.63, 3.8) is 0 Å². The highest BCUT2D eigenvalue weighted by Gasteiger charge is 2.21. The van der Waals surface area contributed by atoms with Gasteiger partial charge in [-0.15, -0.1) is 0 Å². The Bertz CT molecular complexity index is 588. The van der Waals surface area contributed by atoms with E-state index in [0.717, 1.165) is 31.9 Å². The molecule has 25 heavy (non-hydrogen) atoms. The first-order chi connectivity index (χ1) is 12.1.